The van der Waals surface area contributed by atoms with Crippen LogP contribution in [0.1, 0.15) is 33.6 Å². The van der Waals surface area contributed by atoms with Crippen molar-refractivity contribution >= 4 is 11.8 Å². The van der Waals surface area contributed by atoms with Crippen molar-refractivity contribution in [3.8, 4) is 0 Å². The van der Waals surface area contributed by atoms with Crippen molar-refractivity contribution < 1.29 is 0 Å². The summed E-state index contributed by atoms with van der Waals surface area (Å²) in [6, 6.07) is 0. The molecule has 0 aromatic rings. The first-order chi connectivity index (χ1) is 7.25. The van der Waals surface area contributed by atoms with Gasteiger partial charge in [-0.05, 0) is 51.1 Å². The van der Waals surface area contributed by atoms with Gasteiger partial charge in [0.15, 0.2) is 0 Å². The lowest BCUT2D eigenvalue weighted by Gasteiger charge is -2.10. The summed E-state index contributed by atoms with van der Waals surface area (Å²) in [6.07, 6.45) is 6.89. The molecular weight excluding hydrogens is 202 g/mol. The van der Waals surface area contributed by atoms with Crippen LogP contribution in [0.2, 0.25) is 0 Å². The van der Waals surface area contributed by atoms with E-state index in [2.05, 4.69) is 43.6 Å². The zero-order valence-corrected chi connectivity index (χ0v) is 10.8. The Balaban J connectivity index is 2.79. The molecule has 84 valence electrons. The molecule has 0 saturated carbocycles. The molecule has 15 heavy (non-hydrogen) atoms. The van der Waals surface area contributed by atoms with Crippen LogP contribution in [-0.4, -0.2) is 13.1 Å². The second-order valence-corrected chi connectivity index (χ2v) is 4.87. The summed E-state index contributed by atoms with van der Waals surface area (Å²) < 4.78 is 0. The van der Waals surface area contributed by atoms with Gasteiger partial charge in [0.25, 0.3) is 0 Å². The Kier molecular flexibility index (Phi) is 5.81. The van der Waals surface area contributed by atoms with E-state index < -0.39 is 0 Å². The molecule has 0 radical (unpaired) electrons. The fraction of sp³-hybridized carbons (Fsp3) is 0.538. The Labute approximate surface area is 97.7 Å². The Hall–Kier alpha value is -0.470. The first-order valence-corrected chi connectivity index (χ1v) is 6.49. The smallest absolute Gasteiger partial charge is 0.0141 e. The maximum atomic E-state index is 3.40. The van der Waals surface area contributed by atoms with Crippen LogP contribution in [-0.2, 0) is 0 Å². The third-order valence-electron chi connectivity index (χ3n) is 2.36. The Morgan fingerprint density at radius 2 is 2.27 bits per heavy atom. The van der Waals surface area contributed by atoms with Crippen LogP contribution < -0.4 is 5.32 Å². The number of allylic oxidation sites excluding steroid dienone is 3. The highest BCUT2D eigenvalue weighted by molar-refractivity contribution is 8.06. The van der Waals surface area contributed by atoms with Crippen LogP contribution in [0.4, 0.5) is 0 Å². The van der Waals surface area contributed by atoms with E-state index in [4.69, 9.17) is 0 Å². The standard InChI is InChI=1S/C13H21NS/c1-4-10-15-13(11(2)3)12-6-5-8-14-9-7-12/h4,7,10,14H,5-6,8-9H2,1-3H3/b10-4-. The normalized spacial score (nSPS) is 17.4. The van der Waals surface area contributed by atoms with Crippen LogP contribution in [0.3, 0.4) is 0 Å². The van der Waals surface area contributed by atoms with E-state index in [9.17, 15) is 0 Å². The molecule has 0 spiro atoms. The molecule has 1 nitrogen and oxygen atoms in total. The highest BCUT2D eigenvalue weighted by Crippen LogP contribution is 2.31. The minimum absolute atomic E-state index is 1.02. The number of thioether (sulfide) groups is 1. The summed E-state index contributed by atoms with van der Waals surface area (Å²) in [7, 11) is 0. The van der Waals surface area contributed by atoms with Gasteiger partial charge in [-0.25, -0.2) is 0 Å². The van der Waals surface area contributed by atoms with E-state index in [-0.39, 0.29) is 0 Å². The quantitative estimate of drug-likeness (QED) is 0.780. The Morgan fingerprint density at radius 3 is 2.93 bits per heavy atom. The van der Waals surface area contributed by atoms with Gasteiger partial charge in [-0.2, -0.15) is 0 Å². The Bertz CT molecular complexity index is 283. The zero-order valence-electron chi connectivity index (χ0n) is 9.97. The van der Waals surface area contributed by atoms with Gasteiger partial charge < -0.3 is 5.32 Å². The molecule has 0 aromatic heterocycles. The van der Waals surface area contributed by atoms with Crippen LogP contribution >= 0.6 is 11.8 Å². The predicted molar refractivity (Wildman–Crippen MR) is 71.0 cm³/mol. The van der Waals surface area contributed by atoms with Crippen molar-refractivity contribution in [1.29, 1.82) is 0 Å². The second kappa shape index (κ2) is 6.91. The third kappa shape index (κ3) is 4.27. The number of rotatable bonds is 3. The molecule has 1 heterocycles. The van der Waals surface area contributed by atoms with Crippen molar-refractivity contribution in [2.75, 3.05) is 13.1 Å². The highest BCUT2D eigenvalue weighted by Gasteiger charge is 2.08. The summed E-state index contributed by atoms with van der Waals surface area (Å²) in [5, 5.41) is 5.57. The lowest BCUT2D eigenvalue weighted by molar-refractivity contribution is 0.717. The minimum atomic E-state index is 1.02. The lowest BCUT2D eigenvalue weighted by Crippen LogP contribution is -2.12. The monoisotopic (exact) mass is 223 g/mol. The van der Waals surface area contributed by atoms with Crippen LogP contribution in [0.25, 0.3) is 0 Å². The molecule has 1 N–H and O–H groups in total. The molecule has 0 fully saturated rings. The zero-order chi connectivity index (χ0) is 11.1. The number of hydrogen-bond donors (Lipinski definition) is 1. The maximum absolute atomic E-state index is 3.40. The van der Waals surface area contributed by atoms with Gasteiger partial charge in [-0.3, -0.25) is 0 Å². The van der Waals surface area contributed by atoms with Gasteiger partial charge in [0, 0.05) is 11.4 Å². The SMILES string of the molecule is C/C=C\SC(C1=CCNCCC1)=C(C)C. The Morgan fingerprint density at radius 1 is 1.47 bits per heavy atom. The topological polar surface area (TPSA) is 12.0 Å². The van der Waals surface area contributed by atoms with E-state index in [1.807, 2.05) is 11.8 Å². The van der Waals surface area contributed by atoms with Gasteiger partial charge in [0.1, 0.15) is 0 Å². The number of nitrogens with one attached hydrogen (secondary N) is 1. The third-order valence-corrected chi connectivity index (χ3v) is 3.67. The molecule has 0 unspecified atom stereocenters. The molecule has 0 bridgehead atoms. The average molecular weight is 223 g/mol. The van der Waals surface area contributed by atoms with E-state index in [1.165, 1.54) is 28.9 Å². The maximum Gasteiger partial charge on any atom is 0.0141 e. The molecular formula is C13H21NS. The number of hydrogen-bond acceptors (Lipinski definition) is 2. The minimum Gasteiger partial charge on any atom is -0.313 e. The molecule has 1 aliphatic rings. The lowest BCUT2D eigenvalue weighted by atomic mass is 10.1. The van der Waals surface area contributed by atoms with Crippen molar-refractivity contribution in [2.24, 2.45) is 0 Å². The van der Waals surface area contributed by atoms with Crippen LogP contribution in [0.5, 0.6) is 0 Å². The van der Waals surface area contributed by atoms with Crippen molar-refractivity contribution in [3.05, 3.63) is 33.6 Å². The highest BCUT2D eigenvalue weighted by atomic mass is 32.2. The van der Waals surface area contributed by atoms with E-state index in [0.29, 0.717) is 0 Å². The molecule has 0 saturated heterocycles. The molecule has 0 amide bonds. The van der Waals surface area contributed by atoms with Crippen molar-refractivity contribution in [1.82, 2.24) is 5.32 Å². The molecule has 0 aliphatic carbocycles. The molecule has 1 rings (SSSR count). The second-order valence-electron chi connectivity index (χ2n) is 3.95. The van der Waals surface area contributed by atoms with Gasteiger partial charge in [-0.1, -0.05) is 29.5 Å². The summed E-state index contributed by atoms with van der Waals surface area (Å²) in [5.41, 5.74) is 2.94. The average Bonchev–Trinajstić information content (AvgIpc) is 2.47. The summed E-state index contributed by atoms with van der Waals surface area (Å²) in [6.45, 7) is 8.63. The van der Waals surface area contributed by atoms with Gasteiger partial charge in [0.2, 0.25) is 0 Å². The van der Waals surface area contributed by atoms with Gasteiger partial charge in [-0.15, -0.1) is 0 Å². The molecule has 2 heteroatoms. The summed E-state index contributed by atoms with van der Waals surface area (Å²) in [4.78, 5) is 1.46. The van der Waals surface area contributed by atoms with Crippen LogP contribution in [0.15, 0.2) is 33.6 Å². The fourth-order valence-corrected chi connectivity index (χ4v) is 2.50. The molecule has 0 aromatic carbocycles. The van der Waals surface area contributed by atoms with E-state index >= 15 is 0 Å². The predicted octanol–water partition coefficient (Wildman–Crippen LogP) is 3.86. The van der Waals surface area contributed by atoms with Gasteiger partial charge >= 0.3 is 0 Å². The van der Waals surface area contributed by atoms with E-state index in [0.717, 1.165) is 13.1 Å². The molecule has 1 aliphatic heterocycles. The summed E-state index contributed by atoms with van der Waals surface area (Å²) >= 11 is 1.85. The van der Waals surface area contributed by atoms with Crippen molar-refractivity contribution in [2.45, 2.75) is 33.6 Å². The summed E-state index contributed by atoms with van der Waals surface area (Å²) in [5.74, 6) is 0. The molecule has 0 atom stereocenters. The van der Waals surface area contributed by atoms with E-state index in [1.54, 1.807) is 0 Å². The van der Waals surface area contributed by atoms with Gasteiger partial charge in [0.05, 0.1) is 0 Å². The fourth-order valence-electron chi connectivity index (χ4n) is 1.66. The van der Waals surface area contributed by atoms with Crippen LogP contribution in [0, 0.1) is 0 Å². The van der Waals surface area contributed by atoms with Crippen molar-refractivity contribution in [3.63, 3.8) is 0 Å². The largest absolute Gasteiger partial charge is 0.313 e. The first kappa shape index (κ1) is 12.6. The first-order valence-electron chi connectivity index (χ1n) is 5.61.